The number of nitrogens with one attached hydrogen (secondary N) is 2. The van der Waals surface area contributed by atoms with Crippen LogP contribution in [0, 0.1) is 0 Å². The molecule has 2 N–H and O–H groups in total. The molecule has 5 nitrogen and oxygen atoms in total. The van der Waals surface area contributed by atoms with E-state index < -0.39 is 24.8 Å². The maximum Gasteiger partial charge on any atom is 0.573 e. The number of amides is 2. The zero-order valence-corrected chi connectivity index (χ0v) is 12.3. The second-order valence-corrected chi connectivity index (χ2v) is 4.56. The number of hydrogen-bond acceptors (Lipinski definition) is 3. The summed E-state index contributed by atoms with van der Waals surface area (Å²) in [5.41, 5.74) is 0.389. The molecule has 2 aromatic carbocycles. The first-order valence-corrected chi connectivity index (χ1v) is 6.70. The van der Waals surface area contributed by atoms with Crippen molar-refractivity contribution in [2.75, 3.05) is 10.6 Å². The lowest BCUT2D eigenvalue weighted by Crippen LogP contribution is -2.19. The van der Waals surface area contributed by atoms with Gasteiger partial charge in [0.05, 0.1) is 0 Å². The lowest BCUT2D eigenvalue weighted by molar-refractivity contribution is -0.274. The number of benzene rings is 2. The standard InChI is InChI=1S/C15H11F5N2O3/c16-13(17)24-12-3-1-2-10(8-12)22-14(23)21-9-4-6-11(7-5-9)25-15(18,19)20/h1-8,13H,(H2,21,22,23). The number of anilines is 2. The molecule has 0 heterocycles. The molecule has 0 fully saturated rings. The molecule has 0 saturated carbocycles. The Labute approximate surface area is 138 Å². The molecule has 134 valence electrons. The highest BCUT2D eigenvalue weighted by atomic mass is 19.4. The molecule has 0 aliphatic carbocycles. The average Bonchev–Trinajstić information content (AvgIpc) is 2.47. The van der Waals surface area contributed by atoms with Crippen molar-refractivity contribution in [2.45, 2.75) is 13.0 Å². The zero-order valence-electron chi connectivity index (χ0n) is 12.3. The van der Waals surface area contributed by atoms with Crippen molar-refractivity contribution in [3.63, 3.8) is 0 Å². The lowest BCUT2D eigenvalue weighted by Gasteiger charge is -2.11. The minimum absolute atomic E-state index is 0.138. The third-order valence-corrected chi connectivity index (χ3v) is 2.66. The van der Waals surface area contributed by atoms with E-state index in [0.29, 0.717) is 0 Å². The Hall–Kier alpha value is -3.04. The maximum atomic E-state index is 12.1. The lowest BCUT2D eigenvalue weighted by atomic mass is 10.3. The molecule has 2 aromatic rings. The van der Waals surface area contributed by atoms with Gasteiger partial charge in [0.25, 0.3) is 0 Å². The molecule has 0 spiro atoms. The van der Waals surface area contributed by atoms with E-state index in [0.717, 1.165) is 12.1 Å². The van der Waals surface area contributed by atoms with Gasteiger partial charge in [-0.05, 0) is 36.4 Å². The van der Waals surface area contributed by atoms with E-state index in [1.165, 1.54) is 36.4 Å². The first kappa shape index (κ1) is 18.3. The fourth-order valence-corrected chi connectivity index (χ4v) is 1.78. The summed E-state index contributed by atoms with van der Waals surface area (Å²) in [4.78, 5) is 11.8. The predicted octanol–water partition coefficient (Wildman–Crippen LogP) is 4.83. The first-order chi connectivity index (χ1) is 11.7. The molecule has 0 saturated heterocycles. The Morgan fingerprint density at radius 2 is 1.56 bits per heavy atom. The van der Waals surface area contributed by atoms with E-state index >= 15 is 0 Å². The highest BCUT2D eigenvalue weighted by Gasteiger charge is 2.30. The minimum atomic E-state index is -4.81. The van der Waals surface area contributed by atoms with Gasteiger partial charge in [0.2, 0.25) is 0 Å². The quantitative estimate of drug-likeness (QED) is 0.749. The van der Waals surface area contributed by atoms with Gasteiger partial charge in [0, 0.05) is 17.4 Å². The van der Waals surface area contributed by atoms with Crippen LogP contribution in [0.4, 0.5) is 38.1 Å². The monoisotopic (exact) mass is 362 g/mol. The zero-order chi connectivity index (χ0) is 18.4. The Morgan fingerprint density at radius 1 is 0.920 bits per heavy atom. The molecule has 10 heteroatoms. The fraction of sp³-hybridized carbons (Fsp3) is 0.133. The van der Waals surface area contributed by atoms with E-state index in [2.05, 4.69) is 20.1 Å². The summed E-state index contributed by atoms with van der Waals surface area (Å²) >= 11 is 0. The number of hydrogen-bond donors (Lipinski definition) is 2. The SMILES string of the molecule is O=C(Nc1ccc(OC(F)(F)F)cc1)Nc1cccc(OC(F)F)c1. The summed E-state index contributed by atoms with van der Waals surface area (Å²) in [5.74, 6) is -0.572. The molecule has 2 amide bonds. The normalized spacial score (nSPS) is 11.1. The van der Waals surface area contributed by atoms with E-state index in [-0.39, 0.29) is 17.1 Å². The average molecular weight is 362 g/mol. The van der Waals surface area contributed by atoms with Crippen LogP contribution in [0.2, 0.25) is 0 Å². The molecule has 0 aliphatic rings. The summed E-state index contributed by atoms with van der Waals surface area (Å²) in [7, 11) is 0. The van der Waals surface area contributed by atoms with Crippen LogP contribution in [0.1, 0.15) is 0 Å². The van der Waals surface area contributed by atoms with Crippen molar-refractivity contribution in [2.24, 2.45) is 0 Å². The van der Waals surface area contributed by atoms with Crippen LogP contribution < -0.4 is 20.1 Å². The number of carbonyl (C=O) groups excluding carboxylic acids is 1. The fourth-order valence-electron chi connectivity index (χ4n) is 1.78. The van der Waals surface area contributed by atoms with Crippen molar-refractivity contribution in [3.8, 4) is 11.5 Å². The third-order valence-electron chi connectivity index (χ3n) is 2.66. The van der Waals surface area contributed by atoms with Crippen LogP contribution in [-0.2, 0) is 0 Å². The van der Waals surface area contributed by atoms with Gasteiger partial charge in [-0.3, -0.25) is 0 Å². The Kier molecular flexibility index (Phi) is 5.63. The second kappa shape index (κ2) is 7.69. The van der Waals surface area contributed by atoms with Gasteiger partial charge >= 0.3 is 19.0 Å². The molecule has 25 heavy (non-hydrogen) atoms. The first-order valence-electron chi connectivity index (χ1n) is 6.70. The van der Waals surface area contributed by atoms with Crippen molar-refractivity contribution < 1.29 is 36.2 Å². The van der Waals surface area contributed by atoms with E-state index in [1.54, 1.807) is 0 Å². The van der Waals surface area contributed by atoms with Gasteiger partial charge in [-0.15, -0.1) is 13.2 Å². The number of halogens is 5. The van der Waals surface area contributed by atoms with Crippen LogP contribution in [0.15, 0.2) is 48.5 Å². The Morgan fingerprint density at radius 3 is 2.16 bits per heavy atom. The summed E-state index contributed by atoms with van der Waals surface area (Å²) in [6, 6.07) is 9.06. The number of alkyl halides is 5. The molecule has 2 rings (SSSR count). The number of urea groups is 1. The van der Waals surface area contributed by atoms with Gasteiger partial charge in [-0.1, -0.05) is 6.07 Å². The highest BCUT2D eigenvalue weighted by molar-refractivity contribution is 5.99. The Balaban J connectivity index is 1.94. The molecule has 0 aliphatic heterocycles. The highest BCUT2D eigenvalue weighted by Crippen LogP contribution is 2.24. The molecule has 0 unspecified atom stereocenters. The van der Waals surface area contributed by atoms with Crippen LogP contribution >= 0.6 is 0 Å². The van der Waals surface area contributed by atoms with Gasteiger partial charge in [-0.2, -0.15) is 8.78 Å². The van der Waals surface area contributed by atoms with Crippen molar-refractivity contribution >= 4 is 17.4 Å². The summed E-state index contributed by atoms with van der Waals surface area (Å²) in [6.45, 7) is -3.00. The molecule has 0 radical (unpaired) electrons. The summed E-state index contributed by atoms with van der Waals surface area (Å²) in [6.07, 6.45) is -4.81. The van der Waals surface area contributed by atoms with Crippen LogP contribution in [-0.4, -0.2) is 19.0 Å². The van der Waals surface area contributed by atoms with E-state index in [9.17, 15) is 26.7 Å². The maximum absolute atomic E-state index is 12.1. The van der Waals surface area contributed by atoms with Crippen LogP contribution in [0.3, 0.4) is 0 Å². The smallest absolute Gasteiger partial charge is 0.435 e. The van der Waals surface area contributed by atoms with E-state index in [1.807, 2.05) is 0 Å². The summed E-state index contributed by atoms with van der Waals surface area (Å²) in [5, 5.41) is 4.74. The van der Waals surface area contributed by atoms with Gasteiger partial charge in [0.1, 0.15) is 11.5 Å². The number of ether oxygens (including phenoxy) is 2. The molecule has 0 aromatic heterocycles. The minimum Gasteiger partial charge on any atom is -0.435 e. The molecule has 0 atom stereocenters. The van der Waals surface area contributed by atoms with E-state index in [4.69, 9.17) is 0 Å². The van der Waals surface area contributed by atoms with Crippen molar-refractivity contribution in [1.29, 1.82) is 0 Å². The number of rotatable bonds is 5. The van der Waals surface area contributed by atoms with Crippen molar-refractivity contribution in [1.82, 2.24) is 0 Å². The molecule has 0 bridgehead atoms. The summed E-state index contributed by atoms with van der Waals surface area (Å²) < 4.78 is 68.3. The molecular formula is C15H11F5N2O3. The van der Waals surface area contributed by atoms with Crippen LogP contribution in [0.5, 0.6) is 11.5 Å². The molecular weight excluding hydrogens is 351 g/mol. The Bertz CT molecular complexity index is 720. The van der Waals surface area contributed by atoms with Gasteiger partial charge in [-0.25, -0.2) is 4.79 Å². The number of carbonyl (C=O) groups is 1. The largest absolute Gasteiger partial charge is 0.573 e. The van der Waals surface area contributed by atoms with Gasteiger partial charge in [0.15, 0.2) is 0 Å². The topological polar surface area (TPSA) is 59.6 Å². The van der Waals surface area contributed by atoms with Crippen molar-refractivity contribution in [3.05, 3.63) is 48.5 Å². The van der Waals surface area contributed by atoms with Crippen LogP contribution in [0.25, 0.3) is 0 Å². The second-order valence-electron chi connectivity index (χ2n) is 4.56. The predicted molar refractivity (Wildman–Crippen MR) is 78.8 cm³/mol. The van der Waals surface area contributed by atoms with Gasteiger partial charge < -0.3 is 20.1 Å². The third kappa shape index (κ3) is 6.53.